The fourth-order valence-corrected chi connectivity index (χ4v) is 3.73. The molecule has 128 valence electrons. The van der Waals surface area contributed by atoms with Gasteiger partial charge in [-0.2, -0.15) is 4.31 Å². The second-order valence-corrected chi connectivity index (χ2v) is 8.64. The molecule has 1 amide bonds. The van der Waals surface area contributed by atoms with Crippen molar-refractivity contribution in [3.8, 4) is 0 Å². The number of halogens is 1. The highest BCUT2D eigenvalue weighted by Crippen LogP contribution is 2.38. The number of sulfonamides is 1. The van der Waals surface area contributed by atoms with E-state index in [1.807, 2.05) is 6.92 Å². The van der Waals surface area contributed by atoms with Gasteiger partial charge in [-0.1, -0.05) is 11.6 Å². The van der Waals surface area contributed by atoms with Crippen LogP contribution in [0, 0.1) is 5.92 Å². The normalized spacial score (nSPS) is 17.8. The van der Waals surface area contributed by atoms with E-state index in [1.54, 1.807) is 0 Å². The summed E-state index contributed by atoms with van der Waals surface area (Å²) in [7, 11) is -2.36. The van der Waals surface area contributed by atoms with E-state index >= 15 is 0 Å². The number of rotatable bonds is 7. The summed E-state index contributed by atoms with van der Waals surface area (Å²) < 4.78 is 25.9. The van der Waals surface area contributed by atoms with E-state index < -0.39 is 15.6 Å². The van der Waals surface area contributed by atoms with Gasteiger partial charge < -0.3 is 11.1 Å². The Morgan fingerprint density at radius 2 is 1.96 bits per heavy atom. The summed E-state index contributed by atoms with van der Waals surface area (Å²) in [6, 6.07) is 5.84. The van der Waals surface area contributed by atoms with Crippen molar-refractivity contribution in [3.05, 3.63) is 29.3 Å². The van der Waals surface area contributed by atoms with E-state index in [2.05, 4.69) is 5.32 Å². The van der Waals surface area contributed by atoms with Crippen molar-refractivity contribution in [2.45, 2.75) is 30.2 Å². The minimum Gasteiger partial charge on any atom is -0.348 e. The summed E-state index contributed by atoms with van der Waals surface area (Å²) in [5.41, 5.74) is 5.29. The maximum Gasteiger partial charge on any atom is 0.243 e. The molecule has 1 aromatic carbocycles. The fraction of sp³-hybridized carbons (Fsp3) is 0.533. The average Bonchev–Trinajstić information content (AvgIpc) is 3.32. The maximum absolute atomic E-state index is 12.4. The van der Waals surface area contributed by atoms with Gasteiger partial charge in [-0.05, 0) is 49.9 Å². The first-order valence-electron chi connectivity index (χ1n) is 7.42. The van der Waals surface area contributed by atoms with Gasteiger partial charge in [0.2, 0.25) is 15.9 Å². The number of nitrogens with zero attached hydrogens (tertiary/aromatic N) is 1. The van der Waals surface area contributed by atoms with Crippen molar-refractivity contribution >= 4 is 27.5 Å². The van der Waals surface area contributed by atoms with Gasteiger partial charge in [-0.3, -0.25) is 4.79 Å². The lowest BCUT2D eigenvalue weighted by Gasteiger charge is -2.30. The summed E-state index contributed by atoms with van der Waals surface area (Å²) in [6.45, 7) is 1.97. The summed E-state index contributed by atoms with van der Waals surface area (Å²) in [5.74, 6) is 0.0134. The van der Waals surface area contributed by atoms with Crippen LogP contribution in [0.15, 0.2) is 29.2 Å². The third kappa shape index (κ3) is 4.23. The lowest BCUT2D eigenvalue weighted by Crippen LogP contribution is -2.55. The predicted octanol–water partition coefficient (Wildman–Crippen LogP) is 1.20. The molecule has 0 aromatic heterocycles. The van der Waals surface area contributed by atoms with Gasteiger partial charge in [0.25, 0.3) is 0 Å². The van der Waals surface area contributed by atoms with Gasteiger partial charge in [0.1, 0.15) is 0 Å². The van der Waals surface area contributed by atoms with Crippen molar-refractivity contribution < 1.29 is 13.2 Å². The highest BCUT2D eigenvalue weighted by molar-refractivity contribution is 7.89. The Morgan fingerprint density at radius 3 is 2.43 bits per heavy atom. The molecular formula is C15H22ClN3O3S. The topological polar surface area (TPSA) is 92.5 Å². The molecule has 0 aliphatic heterocycles. The van der Waals surface area contributed by atoms with Crippen molar-refractivity contribution in [2.75, 3.05) is 20.1 Å². The van der Waals surface area contributed by atoms with E-state index in [0.29, 0.717) is 17.5 Å². The number of nitrogens with two attached hydrogens (primary N) is 1. The molecule has 1 fully saturated rings. The molecule has 0 heterocycles. The SMILES string of the molecule is CN(CC(=O)NC(C)(CN)C1CC1)S(=O)(=O)c1ccc(Cl)cc1. The highest BCUT2D eigenvalue weighted by atomic mass is 35.5. The third-order valence-electron chi connectivity index (χ3n) is 4.22. The van der Waals surface area contributed by atoms with Gasteiger partial charge in [0.05, 0.1) is 17.0 Å². The zero-order valence-corrected chi connectivity index (χ0v) is 14.8. The van der Waals surface area contributed by atoms with Crippen LogP contribution >= 0.6 is 11.6 Å². The standard InChI is InChI=1S/C15H22ClN3O3S/c1-15(10-17,11-3-4-11)18-14(20)9-19(2)23(21,22)13-7-5-12(16)6-8-13/h5-8,11H,3-4,9-10,17H2,1-2H3,(H,18,20). The van der Waals surface area contributed by atoms with Crippen LogP contribution < -0.4 is 11.1 Å². The summed E-state index contributed by atoms with van der Waals surface area (Å²) in [5, 5.41) is 3.33. The van der Waals surface area contributed by atoms with E-state index in [4.69, 9.17) is 17.3 Å². The smallest absolute Gasteiger partial charge is 0.243 e. The number of benzene rings is 1. The van der Waals surface area contributed by atoms with Crippen molar-refractivity contribution in [3.63, 3.8) is 0 Å². The Morgan fingerprint density at radius 1 is 1.39 bits per heavy atom. The molecule has 1 unspecified atom stereocenters. The number of amides is 1. The molecule has 6 nitrogen and oxygen atoms in total. The zero-order valence-electron chi connectivity index (χ0n) is 13.3. The molecule has 0 saturated heterocycles. The Hall–Kier alpha value is -1.15. The van der Waals surface area contributed by atoms with Crippen LogP contribution in [0.5, 0.6) is 0 Å². The van der Waals surface area contributed by atoms with Crippen LogP contribution in [-0.4, -0.2) is 44.3 Å². The molecule has 1 atom stereocenters. The molecule has 0 radical (unpaired) electrons. The number of carbonyl (C=O) groups excluding carboxylic acids is 1. The molecule has 2 rings (SSSR count). The number of carbonyl (C=O) groups is 1. The van der Waals surface area contributed by atoms with Crippen LogP contribution in [0.3, 0.4) is 0 Å². The van der Waals surface area contributed by atoms with E-state index in [1.165, 1.54) is 31.3 Å². The quantitative estimate of drug-likeness (QED) is 0.765. The molecule has 8 heteroatoms. The molecule has 0 bridgehead atoms. The lowest BCUT2D eigenvalue weighted by atomic mass is 9.96. The molecule has 23 heavy (non-hydrogen) atoms. The summed E-state index contributed by atoms with van der Waals surface area (Å²) in [6.07, 6.45) is 2.07. The summed E-state index contributed by atoms with van der Waals surface area (Å²) >= 11 is 5.77. The Bertz CT molecular complexity index is 674. The van der Waals surface area contributed by atoms with E-state index in [0.717, 1.165) is 17.1 Å². The van der Waals surface area contributed by atoms with Gasteiger partial charge in [-0.25, -0.2) is 8.42 Å². The van der Waals surface area contributed by atoms with Crippen LogP contribution in [0.1, 0.15) is 19.8 Å². The maximum atomic E-state index is 12.4. The molecule has 3 N–H and O–H groups in total. The third-order valence-corrected chi connectivity index (χ3v) is 6.29. The first kappa shape index (κ1) is 18.2. The average molecular weight is 360 g/mol. The van der Waals surface area contributed by atoms with Crippen molar-refractivity contribution in [2.24, 2.45) is 11.7 Å². The molecule has 1 aliphatic carbocycles. The minimum atomic E-state index is -3.74. The van der Waals surface area contributed by atoms with Gasteiger partial charge in [0, 0.05) is 18.6 Å². The second kappa shape index (κ2) is 6.76. The second-order valence-electron chi connectivity index (χ2n) is 6.16. The van der Waals surface area contributed by atoms with Crippen molar-refractivity contribution in [1.29, 1.82) is 0 Å². The first-order chi connectivity index (χ1) is 10.7. The van der Waals surface area contributed by atoms with Gasteiger partial charge in [0.15, 0.2) is 0 Å². The number of hydrogen-bond donors (Lipinski definition) is 2. The van der Waals surface area contributed by atoms with Crippen LogP contribution in [-0.2, 0) is 14.8 Å². The number of likely N-dealkylation sites (N-methyl/N-ethyl adjacent to an activating group) is 1. The monoisotopic (exact) mass is 359 g/mol. The highest BCUT2D eigenvalue weighted by Gasteiger charge is 2.41. The first-order valence-corrected chi connectivity index (χ1v) is 9.24. The molecule has 0 spiro atoms. The van der Waals surface area contributed by atoms with E-state index in [9.17, 15) is 13.2 Å². The molecular weight excluding hydrogens is 338 g/mol. The van der Waals surface area contributed by atoms with Crippen LogP contribution in [0.4, 0.5) is 0 Å². The Labute approximate surface area is 142 Å². The summed E-state index contributed by atoms with van der Waals surface area (Å²) in [4.78, 5) is 12.3. The zero-order chi connectivity index (χ0) is 17.3. The molecule has 1 aliphatic rings. The number of nitrogens with one attached hydrogen (secondary N) is 1. The van der Waals surface area contributed by atoms with Gasteiger partial charge >= 0.3 is 0 Å². The predicted molar refractivity (Wildman–Crippen MR) is 89.6 cm³/mol. The Kier molecular flexibility index (Phi) is 5.35. The van der Waals surface area contributed by atoms with Crippen LogP contribution in [0.25, 0.3) is 0 Å². The minimum absolute atomic E-state index is 0.0981. The fourth-order valence-electron chi connectivity index (χ4n) is 2.47. The van der Waals surface area contributed by atoms with Crippen LogP contribution in [0.2, 0.25) is 5.02 Å². The molecule has 1 aromatic rings. The van der Waals surface area contributed by atoms with E-state index in [-0.39, 0.29) is 17.3 Å². The largest absolute Gasteiger partial charge is 0.348 e. The van der Waals surface area contributed by atoms with Crippen molar-refractivity contribution in [1.82, 2.24) is 9.62 Å². The number of hydrogen-bond acceptors (Lipinski definition) is 4. The lowest BCUT2D eigenvalue weighted by molar-refractivity contribution is -0.123. The van der Waals surface area contributed by atoms with Gasteiger partial charge in [-0.15, -0.1) is 0 Å². The Balaban J connectivity index is 2.04. The molecule has 1 saturated carbocycles.